The van der Waals surface area contributed by atoms with Gasteiger partial charge in [-0.15, -0.1) is 0 Å². The number of rotatable bonds is 6. The summed E-state index contributed by atoms with van der Waals surface area (Å²) in [7, 11) is 1.78. The fourth-order valence-corrected chi connectivity index (χ4v) is 2.89. The van der Waals surface area contributed by atoms with Crippen molar-refractivity contribution in [2.45, 2.75) is 39.3 Å². The minimum atomic E-state index is 0.565. The molecule has 112 valence electrons. The second kappa shape index (κ2) is 7.65. The minimum Gasteiger partial charge on any atom is -0.385 e. The molecule has 1 heterocycles. The van der Waals surface area contributed by atoms with E-state index in [1.54, 1.807) is 7.11 Å². The Morgan fingerprint density at radius 2 is 2.20 bits per heavy atom. The summed E-state index contributed by atoms with van der Waals surface area (Å²) >= 11 is 0. The Bertz CT molecular complexity index is 408. The van der Waals surface area contributed by atoms with Crippen LogP contribution in [0.1, 0.15) is 32.3 Å². The molecule has 20 heavy (non-hydrogen) atoms. The van der Waals surface area contributed by atoms with Crippen molar-refractivity contribution in [3.8, 4) is 0 Å². The van der Waals surface area contributed by atoms with Crippen LogP contribution in [0.2, 0.25) is 0 Å². The molecule has 0 fully saturated rings. The topological polar surface area (TPSA) is 24.5 Å². The van der Waals surface area contributed by atoms with E-state index in [1.807, 2.05) is 0 Å². The first-order valence-electron chi connectivity index (χ1n) is 7.81. The number of benzene rings is 1. The van der Waals surface area contributed by atoms with Crippen LogP contribution in [-0.2, 0) is 11.3 Å². The second-order valence-electron chi connectivity index (χ2n) is 5.79. The molecular weight excluding hydrogens is 248 g/mol. The Kier molecular flexibility index (Phi) is 5.86. The highest BCUT2D eigenvalue weighted by Gasteiger charge is 2.23. The molecule has 0 amide bonds. The predicted molar refractivity (Wildman–Crippen MR) is 85.2 cm³/mol. The number of nitrogens with one attached hydrogen (secondary N) is 1. The molecule has 1 N–H and O–H groups in total. The third-order valence-corrected chi connectivity index (χ3v) is 4.41. The number of para-hydroxylation sites is 1. The molecule has 3 heteroatoms. The molecular formula is C17H28N2O. The first-order valence-corrected chi connectivity index (χ1v) is 7.81. The smallest absolute Gasteiger partial charge is 0.0479 e. The van der Waals surface area contributed by atoms with Crippen LogP contribution in [0.25, 0.3) is 0 Å². The van der Waals surface area contributed by atoms with E-state index in [9.17, 15) is 0 Å². The number of methoxy groups -OCH3 is 1. The molecule has 1 aromatic carbocycles. The first kappa shape index (κ1) is 15.3. The van der Waals surface area contributed by atoms with Crippen LogP contribution in [0.15, 0.2) is 24.3 Å². The van der Waals surface area contributed by atoms with Gasteiger partial charge in [0.1, 0.15) is 0 Å². The Labute approximate surface area is 123 Å². The van der Waals surface area contributed by atoms with Crippen molar-refractivity contribution in [2.24, 2.45) is 5.92 Å². The van der Waals surface area contributed by atoms with Gasteiger partial charge in [0.25, 0.3) is 0 Å². The van der Waals surface area contributed by atoms with Crippen LogP contribution in [-0.4, -0.2) is 32.8 Å². The zero-order chi connectivity index (χ0) is 14.4. The fraction of sp³-hybridized carbons (Fsp3) is 0.647. The number of hydrogen-bond acceptors (Lipinski definition) is 3. The predicted octanol–water partition coefficient (Wildman–Crippen LogP) is 3.05. The lowest BCUT2D eigenvalue weighted by molar-refractivity contribution is 0.195. The number of hydrogen-bond donors (Lipinski definition) is 1. The molecule has 2 atom stereocenters. The lowest BCUT2D eigenvalue weighted by atomic mass is 9.99. The number of fused-ring (bicyclic) bond motifs is 1. The SMILES string of the molecule is CCC(C)C1CN(CCCOC)c2ccccc2CN1. The molecule has 0 saturated heterocycles. The molecule has 2 unspecified atom stereocenters. The molecule has 0 saturated carbocycles. The van der Waals surface area contributed by atoms with Crippen LogP contribution < -0.4 is 10.2 Å². The normalized spacial score (nSPS) is 20.4. The molecule has 2 rings (SSSR count). The summed E-state index contributed by atoms with van der Waals surface area (Å²) in [6, 6.07) is 9.34. The Hall–Kier alpha value is -1.06. The maximum Gasteiger partial charge on any atom is 0.0479 e. The highest BCUT2D eigenvalue weighted by atomic mass is 16.5. The summed E-state index contributed by atoms with van der Waals surface area (Å²) < 4.78 is 5.21. The van der Waals surface area contributed by atoms with Crippen LogP contribution >= 0.6 is 0 Å². The molecule has 1 aliphatic heterocycles. The van der Waals surface area contributed by atoms with Crippen molar-refractivity contribution in [2.75, 3.05) is 31.7 Å². The van der Waals surface area contributed by atoms with Gasteiger partial charge in [-0.1, -0.05) is 38.5 Å². The highest BCUT2D eigenvalue weighted by molar-refractivity contribution is 5.54. The van der Waals surface area contributed by atoms with E-state index in [0.29, 0.717) is 12.0 Å². The number of nitrogens with zero attached hydrogens (tertiary/aromatic N) is 1. The van der Waals surface area contributed by atoms with Crippen LogP contribution in [0.3, 0.4) is 0 Å². The van der Waals surface area contributed by atoms with E-state index in [2.05, 4.69) is 48.3 Å². The van der Waals surface area contributed by atoms with Crippen LogP contribution in [0.4, 0.5) is 5.69 Å². The average molecular weight is 276 g/mol. The summed E-state index contributed by atoms with van der Waals surface area (Å²) in [5, 5.41) is 3.74. The Balaban J connectivity index is 2.14. The second-order valence-corrected chi connectivity index (χ2v) is 5.79. The van der Waals surface area contributed by atoms with Gasteiger partial charge in [0, 0.05) is 45.1 Å². The van der Waals surface area contributed by atoms with Crippen LogP contribution in [0, 0.1) is 5.92 Å². The molecule has 0 radical (unpaired) electrons. The number of ether oxygens (including phenoxy) is 1. The lowest BCUT2D eigenvalue weighted by Crippen LogP contribution is -2.42. The van der Waals surface area contributed by atoms with Crippen LogP contribution in [0.5, 0.6) is 0 Å². The first-order chi connectivity index (χ1) is 9.76. The van der Waals surface area contributed by atoms with Gasteiger partial charge >= 0.3 is 0 Å². The van der Waals surface area contributed by atoms with Gasteiger partial charge in [-0.3, -0.25) is 0 Å². The molecule has 0 bridgehead atoms. The van der Waals surface area contributed by atoms with E-state index < -0.39 is 0 Å². The monoisotopic (exact) mass is 276 g/mol. The van der Waals surface area contributed by atoms with E-state index in [0.717, 1.165) is 32.7 Å². The van der Waals surface area contributed by atoms with Crippen molar-refractivity contribution in [3.63, 3.8) is 0 Å². The van der Waals surface area contributed by atoms with Gasteiger partial charge in [-0.2, -0.15) is 0 Å². The molecule has 0 aliphatic carbocycles. The van der Waals surface area contributed by atoms with Gasteiger partial charge in [0.2, 0.25) is 0 Å². The summed E-state index contributed by atoms with van der Waals surface area (Å²) in [6.07, 6.45) is 2.30. The van der Waals surface area contributed by atoms with E-state index in [-0.39, 0.29) is 0 Å². The van der Waals surface area contributed by atoms with Crippen molar-refractivity contribution >= 4 is 5.69 Å². The van der Waals surface area contributed by atoms with E-state index >= 15 is 0 Å². The van der Waals surface area contributed by atoms with Gasteiger partial charge < -0.3 is 15.0 Å². The zero-order valence-corrected chi connectivity index (χ0v) is 13.1. The fourth-order valence-electron chi connectivity index (χ4n) is 2.89. The standard InChI is InChI=1S/C17H28N2O/c1-4-14(2)16-13-19(10-7-11-20-3)17-9-6-5-8-15(17)12-18-16/h5-6,8-9,14,16,18H,4,7,10-13H2,1-3H3. The largest absolute Gasteiger partial charge is 0.385 e. The summed E-state index contributed by atoms with van der Waals surface area (Å²) in [6.45, 7) is 8.60. The molecule has 3 nitrogen and oxygen atoms in total. The van der Waals surface area contributed by atoms with Crippen molar-refractivity contribution < 1.29 is 4.74 Å². The van der Waals surface area contributed by atoms with Crippen molar-refractivity contribution in [1.29, 1.82) is 0 Å². The lowest BCUT2D eigenvalue weighted by Gasteiger charge is -2.30. The molecule has 0 aromatic heterocycles. The van der Waals surface area contributed by atoms with Gasteiger partial charge in [0.15, 0.2) is 0 Å². The van der Waals surface area contributed by atoms with E-state index in [4.69, 9.17) is 4.74 Å². The average Bonchev–Trinajstić information content (AvgIpc) is 2.67. The molecule has 0 spiro atoms. The Morgan fingerprint density at radius 1 is 1.40 bits per heavy atom. The molecule has 1 aromatic rings. The highest BCUT2D eigenvalue weighted by Crippen LogP contribution is 2.25. The minimum absolute atomic E-state index is 0.565. The quantitative estimate of drug-likeness (QED) is 0.808. The maximum atomic E-state index is 5.21. The summed E-state index contributed by atoms with van der Waals surface area (Å²) in [5.74, 6) is 0.703. The zero-order valence-electron chi connectivity index (χ0n) is 13.1. The van der Waals surface area contributed by atoms with Crippen molar-refractivity contribution in [3.05, 3.63) is 29.8 Å². The summed E-state index contributed by atoms with van der Waals surface area (Å²) in [4.78, 5) is 2.53. The number of anilines is 1. The van der Waals surface area contributed by atoms with Crippen molar-refractivity contribution in [1.82, 2.24) is 5.32 Å². The van der Waals surface area contributed by atoms with Gasteiger partial charge in [0.05, 0.1) is 0 Å². The van der Waals surface area contributed by atoms with Gasteiger partial charge in [-0.05, 0) is 24.0 Å². The summed E-state index contributed by atoms with van der Waals surface area (Å²) in [5.41, 5.74) is 2.80. The Morgan fingerprint density at radius 3 is 2.95 bits per heavy atom. The van der Waals surface area contributed by atoms with Gasteiger partial charge in [-0.25, -0.2) is 0 Å². The van der Waals surface area contributed by atoms with E-state index in [1.165, 1.54) is 17.7 Å². The molecule has 1 aliphatic rings. The third kappa shape index (κ3) is 3.74. The maximum absolute atomic E-state index is 5.21. The third-order valence-electron chi connectivity index (χ3n) is 4.41.